The molecule has 3 unspecified atom stereocenters. The highest BCUT2D eigenvalue weighted by atomic mass is 15.0. The summed E-state index contributed by atoms with van der Waals surface area (Å²) in [6.45, 7) is 4.47. The van der Waals surface area contributed by atoms with Crippen LogP contribution in [0.3, 0.4) is 0 Å². The van der Waals surface area contributed by atoms with Crippen LogP contribution in [0.25, 0.3) is 0 Å². The van der Waals surface area contributed by atoms with Gasteiger partial charge in [-0.2, -0.15) is 0 Å². The minimum atomic E-state index is 0.707. The Kier molecular flexibility index (Phi) is 4.74. The molecular weight excluding hydrogens is 244 g/mol. The van der Waals surface area contributed by atoms with Gasteiger partial charge in [-0.15, -0.1) is 0 Å². The first-order chi connectivity index (χ1) is 9.84. The molecule has 0 amide bonds. The lowest BCUT2D eigenvalue weighted by Crippen LogP contribution is -2.46. The van der Waals surface area contributed by atoms with E-state index >= 15 is 0 Å². The average molecular weight is 272 g/mol. The molecule has 1 saturated carbocycles. The number of nitrogens with one attached hydrogen (secondary N) is 2. The standard InChI is InChI=1S/C18H28N2/c1-14-7-2-3-8-15(14)13-20-18-10-5-4-9-16(18)17-11-6-12-19-17/h2-3,7-8,16-20H,4-6,9-13H2,1H3. The molecule has 1 aliphatic heterocycles. The maximum atomic E-state index is 3.87. The predicted octanol–water partition coefficient (Wildman–Crippen LogP) is 3.40. The van der Waals surface area contributed by atoms with Gasteiger partial charge in [-0.3, -0.25) is 0 Å². The molecule has 0 spiro atoms. The van der Waals surface area contributed by atoms with Crippen molar-refractivity contribution in [3.63, 3.8) is 0 Å². The SMILES string of the molecule is Cc1ccccc1CNC1CCCCC1C1CCCN1. The highest BCUT2D eigenvalue weighted by molar-refractivity contribution is 5.25. The average Bonchev–Trinajstić information content (AvgIpc) is 3.01. The number of hydrogen-bond donors (Lipinski definition) is 2. The van der Waals surface area contributed by atoms with Gasteiger partial charge in [0.05, 0.1) is 0 Å². The van der Waals surface area contributed by atoms with Gasteiger partial charge >= 0.3 is 0 Å². The number of rotatable bonds is 4. The number of benzene rings is 1. The van der Waals surface area contributed by atoms with Gasteiger partial charge in [-0.1, -0.05) is 37.1 Å². The third-order valence-corrected chi connectivity index (χ3v) is 5.25. The highest BCUT2D eigenvalue weighted by Gasteiger charge is 2.32. The Labute approximate surface area is 123 Å². The Hall–Kier alpha value is -0.860. The van der Waals surface area contributed by atoms with Gasteiger partial charge in [0.1, 0.15) is 0 Å². The van der Waals surface area contributed by atoms with Crippen molar-refractivity contribution in [3.05, 3.63) is 35.4 Å². The Bertz CT molecular complexity index is 423. The second-order valence-electron chi connectivity index (χ2n) is 6.57. The quantitative estimate of drug-likeness (QED) is 0.878. The molecule has 2 aliphatic rings. The molecule has 1 aliphatic carbocycles. The predicted molar refractivity (Wildman–Crippen MR) is 84.8 cm³/mol. The molecular formula is C18H28N2. The molecule has 1 heterocycles. The smallest absolute Gasteiger partial charge is 0.0210 e. The van der Waals surface area contributed by atoms with Crippen molar-refractivity contribution in [1.82, 2.24) is 10.6 Å². The van der Waals surface area contributed by atoms with Crippen molar-refractivity contribution in [2.75, 3.05) is 6.54 Å². The fraction of sp³-hybridized carbons (Fsp3) is 0.667. The third kappa shape index (κ3) is 3.24. The summed E-state index contributed by atoms with van der Waals surface area (Å²) in [5.74, 6) is 0.843. The van der Waals surface area contributed by atoms with Crippen LogP contribution in [-0.2, 0) is 6.54 Å². The van der Waals surface area contributed by atoms with Crippen molar-refractivity contribution in [2.45, 2.75) is 64.1 Å². The molecule has 1 aromatic carbocycles. The summed E-state index contributed by atoms with van der Waals surface area (Å²) in [5, 5.41) is 7.59. The summed E-state index contributed by atoms with van der Waals surface area (Å²) < 4.78 is 0. The summed E-state index contributed by atoms with van der Waals surface area (Å²) >= 11 is 0. The molecule has 0 aromatic heterocycles. The van der Waals surface area contributed by atoms with Crippen molar-refractivity contribution in [3.8, 4) is 0 Å². The zero-order valence-corrected chi connectivity index (χ0v) is 12.7. The lowest BCUT2D eigenvalue weighted by Gasteiger charge is -2.36. The monoisotopic (exact) mass is 272 g/mol. The van der Waals surface area contributed by atoms with E-state index < -0.39 is 0 Å². The molecule has 3 atom stereocenters. The van der Waals surface area contributed by atoms with E-state index in [1.54, 1.807) is 0 Å². The summed E-state index contributed by atoms with van der Waals surface area (Å²) in [5.41, 5.74) is 2.86. The van der Waals surface area contributed by atoms with Gasteiger partial charge in [0.15, 0.2) is 0 Å². The van der Waals surface area contributed by atoms with Crippen molar-refractivity contribution >= 4 is 0 Å². The summed E-state index contributed by atoms with van der Waals surface area (Å²) in [7, 11) is 0. The van der Waals surface area contributed by atoms with Gasteiger partial charge in [-0.25, -0.2) is 0 Å². The second kappa shape index (κ2) is 6.73. The Morgan fingerprint density at radius 2 is 1.95 bits per heavy atom. The molecule has 1 aromatic rings. The maximum absolute atomic E-state index is 3.87. The van der Waals surface area contributed by atoms with E-state index in [1.807, 2.05) is 0 Å². The van der Waals surface area contributed by atoms with E-state index in [4.69, 9.17) is 0 Å². The van der Waals surface area contributed by atoms with Crippen LogP contribution >= 0.6 is 0 Å². The van der Waals surface area contributed by atoms with Crippen molar-refractivity contribution in [2.24, 2.45) is 5.92 Å². The maximum Gasteiger partial charge on any atom is 0.0210 e. The number of hydrogen-bond acceptors (Lipinski definition) is 2. The Morgan fingerprint density at radius 3 is 2.75 bits per heavy atom. The first-order valence-electron chi connectivity index (χ1n) is 8.36. The van der Waals surface area contributed by atoms with E-state index in [-0.39, 0.29) is 0 Å². The van der Waals surface area contributed by atoms with Crippen LogP contribution in [0.2, 0.25) is 0 Å². The Morgan fingerprint density at radius 1 is 1.10 bits per heavy atom. The molecule has 2 fully saturated rings. The first-order valence-corrected chi connectivity index (χ1v) is 8.36. The van der Waals surface area contributed by atoms with E-state index in [9.17, 15) is 0 Å². The fourth-order valence-electron chi connectivity index (χ4n) is 4.02. The normalized spacial score (nSPS) is 30.6. The van der Waals surface area contributed by atoms with E-state index in [0.29, 0.717) is 6.04 Å². The van der Waals surface area contributed by atoms with Crippen LogP contribution < -0.4 is 10.6 Å². The molecule has 0 bridgehead atoms. The lowest BCUT2D eigenvalue weighted by molar-refractivity contribution is 0.213. The fourth-order valence-corrected chi connectivity index (χ4v) is 4.02. The topological polar surface area (TPSA) is 24.1 Å². The molecule has 0 radical (unpaired) electrons. The van der Waals surface area contributed by atoms with E-state index in [1.165, 1.54) is 56.2 Å². The molecule has 2 N–H and O–H groups in total. The van der Waals surface area contributed by atoms with E-state index in [0.717, 1.165) is 18.5 Å². The molecule has 110 valence electrons. The Balaban J connectivity index is 1.60. The molecule has 1 saturated heterocycles. The van der Waals surface area contributed by atoms with Crippen LogP contribution in [0.15, 0.2) is 24.3 Å². The van der Waals surface area contributed by atoms with Gasteiger partial charge in [0.2, 0.25) is 0 Å². The molecule has 20 heavy (non-hydrogen) atoms. The van der Waals surface area contributed by atoms with Crippen LogP contribution in [0.1, 0.15) is 49.7 Å². The van der Waals surface area contributed by atoms with Crippen molar-refractivity contribution in [1.29, 1.82) is 0 Å². The molecule has 3 rings (SSSR count). The zero-order chi connectivity index (χ0) is 13.8. The first kappa shape index (κ1) is 14.1. The van der Waals surface area contributed by atoms with Crippen molar-refractivity contribution < 1.29 is 0 Å². The van der Waals surface area contributed by atoms with Gasteiger partial charge in [0.25, 0.3) is 0 Å². The van der Waals surface area contributed by atoms with Gasteiger partial charge < -0.3 is 10.6 Å². The van der Waals surface area contributed by atoms with Crippen LogP contribution in [0, 0.1) is 12.8 Å². The summed E-state index contributed by atoms with van der Waals surface area (Å²) in [6.07, 6.45) is 8.33. The third-order valence-electron chi connectivity index (χ3n) is 5.25. The lowest BCUT2D eigenvalue weighted by atomic mass is 9.79. The van der Waals surface area contributed by atoms with Gasteiger partial charge in [0, 0.05) is 18.6 Å². The zero-order valence-electron chi connectivity index (χ0n) is 12.7. The minimum Gasteiger partial charge on any atom is -0.314 e. The van der Waals surface area contributed by atoms with E-state index in [2.05, 4.69) is 41.8 Å². The van der Waals surface area contributed by atoms with Crippen LogP contribution in [-0.4, -0.2) is 18.6 Å². The van der Waals surface area contributed by atoms with Gasteiger partial charge in [-0.05, 0) is 56.2 Å². The summed E-state index contributed by atoms with van der Waals surface area (Å²) in [4.78, 5) is 0. The largest absolute Gasteiger partial charge is 0.314 e. The molecule has 2 nitrogen and oxygen atoms in total. The van der Waals surface area contributed by atoms with Crippen LogP contribution in [0.4, 0.5) is 0 Å². The van der Waals surface area contributed by atoms with Crippen LogP contribution in [0.5, 0.6) is 0 Å². The molecule has 2 heteroatoms. The number of aryl methyl sites for hydroxylation is 1. The highest BCUT2D eigenvalue weighted by Crippen LogP contribution is 2.30. The summed E-state index contributed by atoms with van der Waals surface area (Å²) in [6, 6.07) is 10.2. The second-order valence-corrected chi connectivity index (χ2v) is 6.57. The minimum absolute atomic E-state index is 0.707.